The Hall–Kier alpha value is -1.82. The van der Waals surface area contributed by atoms with Gasteiger partial charge in [-0.25, -0.2) is 4.39 Å². The van der Waals surface area contributed by atoms with E-state index in [4.69, 9.17) is 16.7 Å². The number of rotatable bonds is 3. The summed E-state index contributed by atoms with van der Waals surface area (Å²) >= 11 is 6.05. The summed E-state index contributed by atoms with van der Waals surface area (Å²) in [6.45, 7) is 2.24. The van der Waals surface area contributed by atoms with Gasteiger partial charge in [0.25, 0.3) is 0 Å². The Morgan fingerprint density at radius 2 is 1.86 bits per heavy atom. The van der Waals surface area contributed by atoms with Crippen LogP contribution in [0.4, 0.5) is 10.1 Å². The molecule has 5 nitrogen and oxygen atoms in total. The van der Waals surface area contributed by atoms with E-state index < -0.39 is 11.9 Å². The van der Waals surface area contributed by atoms with Crippen molar-refractivity contribution in [3.63, 3.8) is 0 Å². The topological polar surface area (TPSA) is 60.9 Å². The van der Waals surface area contributed by atoms with E-state index in [-0.39, 0.29) is 17.6 Å². The van der Waals surface area contributed by atoms with E-state index in [2.05, 4.69) is 0 Å². The number of piperazine rings is 1. The first-order valence-corrected chi connectivity index (χ1v) is 7.57. The van der Waals surface area contributed by atoms with Gasteiger partial charge in [-0.1, -0.05) is 11.6 Å². The molecule has 1 amide bonds. The minimum atomic E-state index is -0.893. The molecule has 2 unspecified atom stereocenters. The lowest BCUT2D eigenvalue weighted by Crippen LogP contribution is -2.49. The molecule has 2 aliphatic rings. The lowest BCUT2D eigenvalue weighted by Gasteiger charge is -2.36. The molecule has 1 aromatic rings. The molecule has 1 aromatic carbocycles. The van der Waals surface area contributed by atoms with Crippen LogP contribution in [0.2, 0.25) is 5.02 Å². The van der Waals surface area contributed by atoms with E-state index in [0.717, 1.165) is 5.69 Å². The van der Waals surface area contributed by atoms with Gasteiger partial charge < -0.3 is 14.9 Å². The van der Waals surface area contributed by atoms with Gasteiger partial charge in [-0.3, -0.25) is 9.59 Å². The summed E-state index contributed by atoms with van der Waals surface area (Å²) in [5, 5.41) is 9.24. The van der Waals surface area contributed by atoms with Gasteiger partial charge in [-0.05, 0) is 24.6 Å². The first-order chi connectivity index (χ1) is 10.5. The molecule has 1 N–H and O–H groups in total. The van der Waals surface area contributed by atoms with Gasteiger partial charge in [0.2, 0.25) is 5.91 Å². The first-order valence-electron chi connectivity index (χ1n) is 7.19. The van der Waals surface area contributed by atoms with Crippen molar-refractivity contribution in [3.05, 3.63) is 29.0 Å². The SMILES string of the molecule is O=C(O)C1CC1C(=O)N1CCN(c2ccc(F)cc2Cl)CC1. The van der Waals surface area contributed by atoms with E-state index in [9.17, 15) is 14.0 Å². The van der Waals surface area contributed by atoms with Crippen LogP contribution in [0.25, 0.3) is 0 Å². The highest BCUT2D eigenvalue weighted by Crippen LogP contribution is 2.40. The molecule has 0 aromatic heterocycles. The molecule has 2 fully saturated rings. The molecule has 1 heterocycles. The number of nitrogens with zero attached hydrogens (tertiary/aromatic N) is 2. The average molecular weight is 327 g/mol. The Morgan fingerprint density at radius 1 is 1.18 bits per heavy atom. The molecular formula is C15H16ClFN2O3. The monoisotopic (exact) mass is 326 g/mol. The Morgan fingerprint density at radius 3 is 2.41 bits per heavy atom. The second kappa shape index (κ2) is 5.76. The largest absolute Gasteiger partial charge is 0.481 e. The van der Waals surface area contributed by atoms with Crippen LogP contribution in [0.1, 0.15) is 6.42 Å². The highest BCUT2D eigenvalue weighted by molar-refractivity contribution is 6.33. The van der Waals surface area contributed by atoms with Gasteiger partial charge in [0, 0.05) is 26.2 Å². The van der Waals surface area contributed by atoms with Gasteiger partial charge in [-0.15, -0.1) is 0 Å². The van der Waals surface area contributed by atoms with Crippen LogP contribution >= 0.6 is 11.6 Å². The maximum atomic E-state index is 13.1. The lowest BCUT2D eigenvalue weighted by atomic mass is 10.2. The number of carbonyl (C=O) groups excluding carboxylic acids is 1. The van der Waals surface area contributed by atoms with Crippen molar-refractivity contribution in [2.45, 2.75) is 6.42 Å². The summed E-state index contributed by atoms with van der Waals surface area (Å²) in [6.07, 6.45) is 0.443. The molecule has 1 aliphatic heterocycles. The number of amides is 1. The van der Waals surface area contributed by atoms with E-state index in [1.807, 2.05) is 4.90 Å². The van der Waals surface area contributed by atoms with Gasteiger partial charge >= 0.3 is 5.97 Å². The van der Waals surface area contributed by atoms with Crippen LogP contribution < -0.4 is 4.90 Å². The second-order valence-corrected chi connectivity index (χ2v) is 6.10. The number of carbonyl (C=O) groups is 2. The van der Waals surface area contributed by atoms with E-state index >= 15 is 0 Å². The standard InChI is InChI=1S/C15H16ClFN2O3/c16-12-7-9(17)1-2-13(12)18-3-5-19(6-4-18)14(20)10-8-11(10)15(21)22/h1-2,7,10-11H,3-6,8H2,(H,21,22). The molecule has 1 saturated heterocycles. The smallest absolute Gasteiger partial charge is 0.307 e. The summed E-state index contributed by atoms with van der Waals surface area (Å²) in [4.78, 5) is 26.8. The molecule has 7 heteroatoms. The number of carboxylic acid groups (broad SMARTS) is 1. The summed E-state index contributed by atoms with van der Waals surface area (Å²) < 4.78 is 13.1. The third-order valence-corrected chi connectivity index (χ3v) is 4.57. The number of halogens is 2. The number of hydrogen-bond acceptors (Lipinski definition) is 3. The van der Waals surface area contributed by atoms with E-state index in [0.29, 0.717) is 37.6 Å². The van der Waals surface area contributed by atoms with Crippen LogP contribution in [0.3, 0.4) is 0 Å². The summed E-state index contributed by atoms with van der Waals surface area (Å²) in [7, 11) is 0. The summed E-state index contributed by atoms with van der Waals surface area (Å²) in [5.74, 6) is -2.22. The zero-order valence-corrected chi connectivity index (χ0v) is 12.6. The summed E-state index contributed by atoms with van der Waals surface area (Å²) in [6, 6.07) is 4.27. The quantitative estimate of drug-likeness (QED) is 0.921. The van der Waals surface area contributed by atoms with Gasteiger partial charge in [0.1, 0.15) is 5.82 Å². The lowest BCUT2D eigenvalue weighted by molar-refractivity contribution is -0.142. The van der Waals surface area contributed by atoms with Crippen molar-refractivity contribution in [1.29, 1.82) is 0 Å². The van der Waals surface area contributed by atoms with Crippen LogP contribution in [0.5, 0.6) is 0 Å². The van der Waals surface area contributed by atoms with Gasteiger partial charge in [0.15, 0.2) is 0 Å². The Balaban J connectivity index is 1.59. The minimum absolute atomic E-state index is 0.0720. The zero-order valence-electron chi connectivity index (χ0n) is 11.8. The highest BCUT2D eigenvalue weighted by atomic mass is 35.5. The number of hydrogen-bond donors (Lipinski definition) is 1. The fraction of sp³-hybridized carbons (Fsp3) is 0.467. The number of carboxylic acids is 1. The first kappa shape index (κ1) is 15.1. The van der Waals surface area contributed by atoms with Crippen molar-refractivity contribution < 1.29 is 19.1 Å². The highest BCUT2D eigenvalue weighted by Gasteiger charge is 2.50. The van der Waals surface area contributed by atoms with Crippen LogP contribution in [0.15, 0.2) is 18.2 Å². The molecule has 3 rings (SSSR count). The molecule has 2 atom stereocenters. The van der Waals surface area contributed by atoms with Gasteiger partial charge in [0.05, 0.1) is 22.5 Å². The molecule has 0 spiro atoms. The van der Waals surface area contributed by atoms with Crippen LogP contribution in [-0.4, -0.2) is 48.1 Å². The van der Waals surface area contributed by atoms with E-state index in [1.165, 1.54) is 12.1 Å². The van der Waals surface area contributed by atoms with Crippen molar-refractivity contribution in [2.24, 2.45) is 11.8 Å². The maximum Gasteiger partial charge on any atom is 0.307 e. The Labute approximate surface area is 132 Å². The molecule has 118 valence electrons. The summed E-state index contributed by atoms with van der Waals surface area (Å²) in [5.41, 5.74) is 0.755. The Kier molecular flexibility index (Phi) is 3.95. The normalized spacial score (nSPS) is 24.3. The third kappa shape index (κ3) is 2.88. The van der Waals surface area contributed by atoms with Crippen molar-refractivity contribution in [1.82, 2.24) is 4.90 Å². The molecule has 1 saturated carbocycles. The second-order valence-electron chi connectivity index (χ2n) is 5.69. The molecule has 1 aliphatic carbocycles. The average Bonchev–Trinajstić information content (AvgIpc) is 3.27. The molecule has 22 heavy (non-hydrogen) atoms. The zero-order chi connectivity index (χ0) is 15.9. The number of anilines is 1. The van der Waals surface area contributed by atoms with Crippen molar-refractivity contribution in [2.75, 3.05) is 31.1 Å². The van der Waals surface area contributed by atoms with Gasteiger partial charge in [-0.2, -0.15) is 0 Å². The predicted octanol–water partition coefficient (Wildman–Crippen LogP) is 1.85. The predicted molar refractivity (Wildman–Crippen MR) is 79.4 cm³/mol. The number of aliphatic carboxylic acids is 1. The third-order valence-electron chi connectivity index (χ3n) is 4.27. The van der Waals surface area contributed by atoms with Crippen molar-refractivity contribution in [3.8, 4) is 0 Å². The van der Waals surface area contributed by atoms with E-state index in [1.54, 1.807) is 11.0 Å². The molecule has 0 bridgehead atoms. The molecular weight excluding hydrogens is 311 g/mol. The fourth-order valence-corrected chi connectivity index (χ4v) is 3.17. The Bertz CT molecular complexity index is 617. The van der Waals surface area contributed by atoms with Crippen LogP contribution in [-0.2, 0) is 9.59 Å². The maximum absolute atomic E-state index is 13.1. The number of benzene rings is 1. The minimum Gasteiger partial charge on any atom is -0.481 e. The molecule has 0 radical (unpaired) electrons. The fourth-order valence-electron chi connectivity index (χ4n) is 2.88. The van der Waals surface area contributed by atoms with Crippen molar-refractivity contribution >= 4 is 29.2 Å². The van der Waals surface area contributed by atoms with Crippen LogP contribution in [0, 0.1) is 17.7 Å².